The summed E-state index contributed by atoms with van der Waals surface area (Å²) >= 11 is 0. The molecule has 0 bridgehead atoms. The summed E-state index contributed by atoms with van der Waals surface area (Å²) in [5.41, 5.74) is 8.68. The average molecular weight is 445 g/mol. The lowest BCUT2D eigenvalue weighted by atomic mass is 9.97. The van der Waals surface area contributed by atoms with E-state index in [1.807, 2.05) is 54.5 Å². The summed E-state index contributed by atoms with van der Waals surface area (Å²) in [5, 5.41) is 14.7. The summed E-state index contributed by atoms with van der Waals surface area (Å²) in [6.45, 7) is 0. The van der Waals surface area contributed by atoms with Crippen molar-refractivity contribution in [2.24, 2.45) is 15.5 Å². The van der Waals surface area contributed by atoms with E-state index in [2.05, 4.69) is 76.2 Å². The highest BCUT2D eigenvalue weighted by atomic mass is 15.6. The van der Waals surface area contributed by atoms with Gasteiger partial charge in [0.25, 0.3) is 0 Å². The second kappa shape index (κ2) is 10.3. The molecule has 168 valence electrons. The van der Waals surface area contributed by atoms with Gasteiger partial charge < -0.3 is 0 Å². The fourth-order valence-electron chi connectivity index (χ4n) is 4.73. The Morgan fingerprint density at radius 1 is 0.735 bits per heavy atom. The molecule has 5 rings (SSSR count). The van der Waals surface area contributed by atoms with Crippen molar-refractivity contribution >= 4 is 6.21 Å². The zero-order chi connectivity index (χ0) is 23.2. The van der Waals surface area contributed by atoms with Crippen molar-refractivity contribution in [3.63, 3.8) is 0 Å². The first-order chi connectivity index (χ1) is 16.8. The maximum atomic E-state index is 4.40. The molecule has 4 heteroatoms. The first-order valence-electron chi connectivity index (χ1n) is 11.8. The summed E-state index contributed by atoms with van der Waals surface area (Å²) in [4.78, 5) is 0. The average Bonchev–Trinajstić information content (AvgIpc) is 3.36. The number of aryl methyl sites for hydroxylation is 2. The van der Waals surface area contributed by atoms with Gasteiger partial charge in [-0.25, -0.2) is 0 Å². The first kappa shape index (κ1) is 21.8. The minimum atomic E-state index is -0.0416. The third-order valence-corrected chi connectivity index (χ3v) is 6.40. The fourth-order valence-corrected chi connectivity index (χ4v) is 4.73. The Bertz CT molecular complexity index is 1260. The molecule has 1 aliphatic carbocycles. The van der Waals surface area contributed by atoms with Crippen molar-refractivity contribution in [1.29, 1.82) is 0 Å². The number of benzene rings is 4. The lowest BCUT2D eigenvalue weighted by molar-refractivity contribution is 0.271. The Kier molecular flexibility index (Phi) is 6.57. The van der Waals surface area contributed by atoms with Crippen LogP contribution in [0.2, 0.25) is 0 Å². The SMILES string of the molecule is CN(/N=N\N=C\c1ccccc1-c1ccc2c(c1)CCC2)C(c1ccccc1)c1ccccc1. The number of hydrogen-bond donors (Lipinski definition) is 0. The Morgan fingerprint density at radius 3 is 2.12 bits per heavy atom. The molecular formula is C30H28N4. The molecule has 0 amide bonds. The van der Waals surface area contributed by atoms with Gasteiger partial charge in [0.2, 0.25) is 0 Å². The van der Waals surface area contributed by atoms with Gasteiger partial charge in [-0.3, -0.25) is 5.01 Å². The van der Waals surface area contributed by atoms with E-state index in [0.29, 0.717) is 0 Å². The number of hydrogen-bond acceptors (Lipinski definition) is 2. The molecule has 0 atom stereocenters. The van der Waals surface area contributed by atoms with E-state index in [9.17, 15) is 0 Å². The van der Waals surface area contributed by atoms with E-state index >= 15 is 0 Å². The van der Waals surface area contributed by atoms with Crippen LogP contribution in [0.1, 0.15) is 40.3 Å². The zero-order valence-electron chi connectivity index (χ0n) is 19.4. The predicted molar refractivity (Wildman–Crippen MR) is 139 cm³/mol. The van der Waals surface area contributed by atoms with Crippen molar-refractivity contribution in [2.45, 2.75) is 25.3 Å². The largest absolute Gasteiger partial charge is 0.268 e. The summed E-state index contributed by atoms with van der Waals surface area (Å²) in [6.07, 6.45) is 5.41. The normalized spacial score (nSPS) is 13.1. The first-order valence-corrected chi connectivity index (χ1v) is 11.8. The molecule has 4 nitrogen and oxygen atoms in total. The van der Waals surface area contributed by atoms with E-state index < -0.39 is 0 Å². The monoisotopic (exact) mass is 444 g/mol. The molecule has 1 aliphatic rings. The van der Waals surface area contributed by atoms with E-state index in [1.54, 1.807) is 6.21 Å². The Hall–Kier alpha value is -4.05. The summed E-state index contributed by atoms with van der Waals surface area (Å²) in [6, 6.07) is 35.8. The van der Waals surface area contributed by atoms with Crippen LogP contribution in [0.4, 0.5) is 0 Å². The lowest BCUT2D eigenvalue weighted by Crippen LogP contribution is -2.19. The molecular weight excluding hydrogens is 416 g/mol. The maximum absolute atomic E-state index is 4.40. The summed E-state index contributed by atoms with van der Waals surface area (Å²) in [5.74, 6) is 0. The van der Waals surface area contributed by atoms with Crippen molar-refractivity contribution in [3.8, 4) is 11.1 Å². The van der Waals surface area contributed by atoms with Crippen LogP contribution < -0.4 is 0 Å². The molecule has 0 radical (unpaired) electrons. The second-order valence-corrected chi connectivity index (χ2v) is 8.65. The van der Waals surface area contributed by atoms with E-state index in [0.717, 1.165) is 22.3 Å². The molecule has 0 saturated carbocycles. The summed E-state index contributed by atoms with van der Waals surface area (Å²) in [7, 11) is 1.93. The minimum Gasteiger partial charge on any atom is -0.268 e. The van der Waals surface area contributed by atoms with Gasteiger partial charge >= 0.3 is 0 Å². The van der Waals surface area contributed by atoms with Crippen LogP contribution in [0.25, 0.3) is 11.1 Å². The predicted octanol–water partition coefficient (Wildman–Crippen LogP) is 7.26. The Balaban J connectivity index is 1.37. The highest BCUT2D eigenvalue weighted by Gasteiger charge is 2.18. The van der Waals surface area contributed by atoms with Crippen LogP contribution in [0, 0.1) is 0 Å². The molecule has 4 aromatic rings. The maximum Gasteiger partial charge on any atom is 0.0984 e. The van der Waals surface area contributed by atoms with E-state index in [-0.39, 0.29) is 6.04 Å². The van der Waals surface area contributed by atoms with Crippen LogP contribution in [0.15, 0.2) is 119 Å². The third kappa shape index (κ3) is 4.81. The molecule has 0 saturated heterocycles. The van der Waals surface area contributed by atoms with Gasteiger partial charge in [-0.15, -0.1) is 5.10 Å². The van der Waals surface area contributed by atoms with Crippen molar-refractivity contribution < 1.29 is 0 Å². The van der Waals surface area contributed by atoms with E-state index in [1.165, 1.54) is 36.0 Å². The highest BCUT2D eigenvalue weighted by molar-refractivity contribution is 5.90. The van der Waals surface area contributed by atoms with Crippen LogP contribution in [-0.2, 0) is 12.8 Å². The topological polar surface area (TPSA) is 40.3 Å². The van der Waals surface area contributed by atoms with Gasteiger partial charge in [0.05, 0.1) is 12.3 Å². The molecule has 0 unspecified atom stereocenters. The van der Waals surface area contributed by atoms with Gasteiger partial charge in [-0.05, 0) is 57.9 Å². The smallest absolute Gasteiger partial charge is 0.0984 e. The van der Waals surface area contributed by atoms with Gasteiger partial charge in [-0.1, -0.05) is 108 Å². The van der Waals surface area contributed by atoms with Crippen LogP contribution in [0.3, 0.4) is 0 Å². The molecule has 4 aromatic carbocycles. The lowest BCUT2D eigenvalue weighted by Gasteiger charge is -2.25. The minimum absolute atomic E-state index is 0.0416. The highest BCUT2D eigenvalue weighted by Crippen LogP contribution is 2.30. The molecule has 0 N–H and O–H groups in total. The molecule has 34 heavy (non-hydrogen) atoms. The second-order valence-electron chi connectivity index (χ2n) is 8.65. The Morgan fingerprint density at radius 2 is 1.38 bits per heavy atom. The van der Waals surface area contributed by atoms with Gasteiger partial charge in [0.15, 0.2) is 0 Å². The van der Waals surface area contributed by atoms with Gasteiger partial charge in [-0.2, -0.15) is 0 Å². The molecule has 0 fully saturated rings. The van der Waals surface area contributed by atoms with Gasteiger partial charge in [0.1, 0.15) is 0 Å². The number of nitrogens with zero attached hydrogens (tertiary/aromatic N) is 4. The van der Waals surface area contributed by atoms with Crippen LogP contribution >= 0.6 is 0 Å². The zero-order valence-corrected chi connectivity index (χ0v) is 19.4. The van der Waals surface area contributed by atoms with Crippen LogP contribution in [-0.4, -0.2) is 18.3 Å². The third-order valence-electron chi connectivity index (χ3n) is 6.40. The molecule has 0 heterocycles. The van der Waals surface area contributed by atoms with Crippen molar-refractivity contribution in [3.05, 3.63) is 131 Å². The summed E-state index contributed by atoms with van der Waals surface area (Å²) < 4.78 is 0. The Labute approximate surface area is 201 Å². The number of rotatable bonds is 7. The quantitative estimate of drug-likeness (QED) is 0.168. The molecule has 0 aromatic heterocycles. The molecule has 0 spiro atoms. The van der Waals surface area contributed by atoms with Crippen LogP contribution in [0.5, 0.6) is 0 Å². The van der Waals surface area contributed by atoms with Crippen molar-refractivity contribution in [2.75, 3.05) is 7.05 Å². The number of fused-ring (bicyclic) bond motifs is 1. The van der Waals surface area contributed by atoms with E-state index in [4.69, 9.17) is 0 Å². The van der Waals surface area contributed by atoms with Crippen molar-refractivity contribution in [1.82, 2.24) is 5.01 Å². The fraction of sp³-hybridized carbons (Fsp3) is 0.167. The standard InChI is InChI=1S/C30H28N4/c1-34(30(24-11-4-2-5-12-24)25-13-6-3-7-14-25)33-32-31-22-28-15-8-9-18-29(28)27-20-19-23-16-10-17-26(23)21-27/h2-9,11-15,18-22,30H,10,16-17H2,1H3/b31-22+,33-32-. The van der Waals surface area contributed by atoms with Gasteiger partial charge in [0, 0.05) is 12.6 Å². The molecule has 0 aliphatic heterocycles.